The first-order valence-electron chi connectivity index (χ1n) is 13.1. The Labute approximate surface area is 244 Å². The summed E-state index contributed by atoms with van der Waals surface area (Å²) in [6, 6.07) is 36.0. The minimum atomic E-state index is -0.161. The Morgan fingerprint density at radius 1 is 0.825 bits per heavy atom. The SMILES string of the molecule is C=C/C=C(Br)\C=C(/COCc1ccccc1)C(=O)NCCc1ccc(-c2ccccc2Oc2ccccc2)cc1. The molecule has 4 aromatic carbocycles. The largest absolute Gasteiger partial charge is 0.457 e. The highest BCUT2D eigenvalue weighted by molar-refractivity contribution is 9.11. The van der Waals surface area contributed by atoms with E-state index in [9.17, 15) is 4.79 Å². The lowest BCUT2D eigenvalue weighted by Crippen LogP contribution is -2.29. The average molecular weight is 595 g/mol. The van der Waals surface area contributed by atoms with Gasteiger partial charge in [0, 0.05) is 22.2 Å². The molecule has 202 valence electrons. The van der Waals surface area contributed by atoms with Gasteiger partial charge in [-0.15, -0.1) is 0 Å². The Kier molecular flexibility index (Phi) is 11.1. The van der Waals surface area contributed by atoms with Crippen LogP contribution in [0, 0.1) is 0 Å². The summed E-state index contributed by atoms with van der Waals surface area (Å²) in [5.41, 5.74) is 4.81. The third-order valence-corrected chi connectivity index (χ3v) is 6.57. The molecule has 5 heteroatoms. The van der Waals surface area contributed by atoms with Crippen molar-refractivity contribution in [2.75, 3.05) is 13.2 Å². The second-order valence-corrected chi connectivity index (χ2v) is 9.97. The molecule has 0 aromatic heterocycles. The van der Waals surface area contributed by atoms with Gasteiger partial charge in [0.1, 0.15) is 11.5 Å². The first-order valence-corrected chi connectivity index (χ1v) is 13.9. The first-order chi connectivity index (χ1) is 19.6. The summed E-state index contributed by atoms with van der Waals surface area (Å²) in [7, 11) is 0. The fourth-order valence-corrected chi connectivity index (χ4v) is 4.51. The summed E-state index contributed by atoms with van der Waals surface area (Å²) in [6.45, 7) is 4.84. The smallest absolute Gasteiger partial charge is 0.249 e. The highest BCUT2D eigenvalue weighted by Crippen LogP contribution is 2.33. The monoisotopic (exact) mass is 593 g/mol. The van der Waals surface area contributed by atoms with Gasteiger partial charge in [0.25, 0.3) is 0 Å². The van der Waals surface area contributed by atoms with Crippen LogP contribution in [0.4, 0.5) is 0 Å². The Hall–Kier alpha value is -4.19. The van der Waals surface area contributed by atoms with Crippen molar-refractivity contribution >= 4 is 21.8 Å². The van der Waals surface area contributed by atoms with Crippen LogP contribution in [-0.2, 0) is 22.6 Å². The summed E-state index contributed by atoms with van der Waals surface area (Å²) in [4.78, 5) is 13.0. The van der Waals surface area contributed by atoms with Gasteiger partial charge in [0.05, 0.1) is 13.2 Å². The van der Waals surface area contributed by atoms with Gasteiger partial charge in [-0.05, 0) is 53.5 Å². The zero-order valence-electron chi connectivity index (χ0n) is 22.3. The molecule has 4 rings (SSSR count). The molecule has 4 nitrogen and oxygen atoms in total. The van der Waals surface area contributed by atoms with Crippen LogP contribution in [0.15, 0.2) is 144 Å². The number of carbonyl (C=O) groups excluding carboxylic acids is 1. The van der Waals surface area contributed by atoms with Crippen LogP contribution in [0.5, 0.6) is 11.5 Å². The van der Waals surface area contributed by atoms with Crippen LogP contribution in [0.3, 0.4) is 0 Å². The molecule has 0 spiro atoms. The summed E-state index contributed by atoms with van der Waals surface area (Å²) in [5.74, 6) is 1.44. The predicted octanol–water partition coefficient (Wildman–Crippen LogP) is 8.41. The Morgan fingerprint density at radius 2 is 1.50 bits per heavy atom. The second kappa shape index (κ2) is 15.4. The van der Waals surface area contributed by atoms with Crippen molar-refractivity contribution in [3.8, 4) is 22.6 Å². The highest BCUT2D eigenvalue weighted by Gasteiger charge is 2.11. The lowest BCUT2D eigenvalue weighted by atomic mass is 10.0. The number of amides is 1. The van der Waals surface area contributed by atoms with E-state index in [1.807, 2.05) is 78.9 Å². The van der Waals surface area contributed by atoms with Gasteiger partial charge in [-0.3, -0.25) is 4.79 Å². The number of carbonyl (C=O) groups is 1. The van der Waals surface area contributed by atoms with Crippen molar-refractivity contribution in [2.24, 2.45) is 0 Å². The van der Waals surface area contributed by atoms with Crippen molar-refractivity contribution in [1.82, 2.24) is 5.32 Å². The predicted molar refractivity (Wildman–Crippen MR) is 166 cm³/mol. The lowest BCUT2D eigenvalue weighted by Gasteiger charge is -2.12. The maximum absolute atomic E-state index is 13.0. The zero-order valence-corrected chi connectivity index (χ0v) is 23.8. The molecule has 4 aromatic rings. The minimum Gasteiger partial charge on any atom is -0.457 e. The molecule has 1 N–H and O–H groups in total. The van der Waals surface area contributed by atoms with E-state index >= 15 is 0 Å². The molecule has 0 saturated heterocycles. The van der Waals surface area contributed by atoms with E-state index in [1.54, 1.807) is 18.2 Å². The molecule has 0 aliphatic rings. The molecule has 0 aliphatic carbocycles. The Morgan fingerprint density at radius 3 is 2.23 bits per heavy atom. The maximum Gasteiger partial charge on any atom is 0.249 e. The zero-order chi connectivity index (χ0) is 28.0. The van der Waals surface area contributed by atoms with E-state index in [0.29, 0.717) is 25.1 Å². The molecule has 40 heavy (non-hydrogen) atoms. The van der Waals surface area contributed by atoms with Crippen molar-refractivity contribution in [3.05, 3.63) is 155 Å². The van der Waals surface area contributed by atoms with Crippen molar-refractivity contribution in [2.45, 2.75) is 13.0 Å². The van der Waals surface area contributed by atoms with Crippen molar-refractivity contribution in [3.63, 3.8) is 0 Å². The number of ether oxygens (including phenoxy) is 2. The number of halogens is 1. The minimum absolute atomic E-state index is 0.161. The summed E-state index contributed by atoms with van der Waals surface area (Å²) < 4.78 is 12.7. The van der Waals surface area contributed by atoms with Gasteiger partial charge in [-0.1, -0.05) is 120 Å². The van der Waals surface area contributed by atoms with E-state index in [1.165, 1.54) is 0 Å². The van der Waals surface area contributed by atoms with E-state index in [4.69, 9.17) is 9.47 Å². The van der Waals surface area contributed by atoms with Gasteiger partial charge >= 0.3 is 0 Å². The standard InChI is InChI=1S/C35H32BrNO3/c1-2-11-31(36)24-30(26-39-25-28-12-5-3-6-13-28)35(38)37-23-22-27-18-20-29(21-19-27)33-16-9-10-17-34(33)40-32-14-7-4-8-15-32/h2-21,24H,1,22-23,25-26H2,(H,37,38)/b30-24+,31-11+. The topological polar surface area (TPSA) is 47.6 Å². The second-order valence-electron chi connectivity index (χ2n) is 9.05. The molecule has 0 saturated carbocycles. The fraction of sp³-hybridized carbons (Fsp3) is 0.114. The third-order valence-electron chi connectivity index (χ3n) is 6.07. The normalized spacial score (nSPS) is 11.6. The van der Waals surface area contributed by atoms with Crippen LogP contribution in [0.25, 0.3) is 11.1 Å². The van der Waals surface area contributed by atoms with Gasteiger partial charge in [0.2, 0.25) is 5.91 Å². The third kappa shape index (κ3) is 8.94. The number of nitrogens with one attached hydrogen (secondary N) is 1. The molecule has 0 atom stereocenters. The van der Waals surface area contributed by atoms with Crippen LogP contribution in [0.1, 0.15) is 11.1 Å². The van der Waals surface area contributed by atoms with Crippen LogP contribution >= 0.6 is 15.9 Å². The highest BCUT2D eigenvalue weighted by atomic mass is 79.9. The quantitative estimate of drug-likeness (QED) is 0.125. The number of para-hydroxylation sites is 2. The summed E-state index contributed by atoms with van der Waals surface area (Å²) in [5, 5.41) is 3.03. The molecule has 1 amide bonds. The summed E-state index contributed by atoms with van der Waals surface area (Å²) >= 11 is 3.47. The maximum atomic E-state index is 13.0. The Balaban J connectivity index is 1.34. The fourth-order valence-electron chi connectivity index (χ4n) is 4.05. The van der Waals surface area contributed by atoms with Gasteiger partial charge < -0.3 is 14.8 Å². The van der Waals surface area contributed by atoms with E-state index in [-0.39, 0.29) is 12.5 Å². The van der Waals surface area contributed by atoms with Gasteiger partial charge in [0.15, 0.2) is 0 Å². The van der Waals surface area contributed by atoms with E-state index in [2.05, 4.69) is 58.2 Å². The molecule has 0 aliphatic heterocycles. The lowest BCUT2D eigenvalue weighted by molar-refractivity contribution is -0.118. The molecule has 0 bridgehead atoms. The van der Waals surface area contributed by atoms with Crippen LogP contribution in [-0.4, -0.2) is 19.1 Å². The number of allylic oxidation sites excluding steroid dienone is 4. The number of benzene rings is 4. The molecule has 0 radical (unpaired) electrons. The first kappa shape index (κ1) is 28.8. The molecule has 0 fully saturated rings. The van der Waals surface area contributed by atoms with E-state index in [0.717, 1.165) is 38.2 Å². The average Bonchev–Trinajstić information content (AvgIpc) is 2.98. The van der Waals surface area contributed by atoms with Crippen molar-refractivity contribution in [1.29, 1.82) is 0 Å². The number of hydrogen-bond acceptors (Lipinski definition) is 3. The van der Waals surface area contributed by atoms with Crippen LogP contribution < -0.4 is 10.1 Å². The molecular weight excluding hydrogens is 562 g/mol. The van der Waals surface area contributed by atoms with Crippen LogP contribution in [0.2, 0.25) is 0 Å². The molecular formula is C35H32BrNO3. The van der Waals surface area contributed by atoms with E-state index < -0.39 is 0 Å². The number of hydrogen-bond donors (Lipinski definition) is 1. The Bertz CT molecular complexity index is 1450. The number of rotatable bonds is 13. The molecule has 0 unspecified atom stereocenters. The van der Waals surface area contributed by atoms with Crippen molar-refractivity contribution < 1.29 is 14.3 Å². The van der Waals surface area contributed by atoms with Gasteiger partial charge in [-0.25, -0.2) is 0 Å². The van der Waals surface area contributed by atoms with Gasteiger partial charge in [-0.2, -0.15) is 0 Å². The molecule has 0 heterocycles. The summed E-state index contributed by atoms with van der Waals surface area (Å²) in [6.07, 6.45) is 5.92.